The fraction of sp³-hybridized carbons (Fsp3) is 0. The average molecular weight is 305 g/mol. The van der Waals surface area contributed by atoms with Gasteiger partial charge in [-0.3, -0.25) is 5.10 Å². The third kappa shape index (κ3) is 1.80. The molecular formula is C12H9BrN4O. The van der Waals surface area contributed by atoms with Crippen molar-refractivity contribution in [3.05, 3.63) is 40.5 Å². The summed E-state index contributed by atoms with van der Waals surface area (Å²) in [6, 6.07) is 7.65. The number of nitrogens with one attached hydrogen (secondary N) is 2. The molecule has 5 nitrogen and oxygen atoms in total. The van der Waals surface area contributed by atoms with Crippen LogP contribution < -0.4 is 0 Å². The maximum Gasteiger partial charge on any atom is 0.198 e. The predicted octanol–water partition coefficient (Wildman–Crippen LogP) is 3.11. The zero-order valence-corrected chi connectivity index (χ0v) is 10.8. The minimum Gasteiger partial charge on any atom is -0.494 e. The Balaban J connectivity index is 2.07. The first-order chi connectivity index (χ1) is 8.75. The number of aliphatic imine (C=N–C) groups is 1. The lowest BCUT2D eigenvalue weighted by atomic mass is 10.2. The molecule has 2 aromatic heterocycles. The highest BCUT2D eigenvalue weighted by Crippen LogP contribution is 2.27. The minimum atomic E-state index is 0.107. The van der Waals surface area contributed by atoms with Crippen LogP contribution in [-0.4, -0.2) is 26.5 Å². The summed E-state index contributed by atoms with van der Waals surface area (Å²) in [6.07, 6.45) is 3.23. The molecule has 0 radical (unpaired) electrons. The van der Waals surface area contributed by atoms with E-state index in [1.807, 2.05) is 24.3 Å². The molecule has 0 fully saturated rings. The molecule has 0 unspecified atom stereocenters. The van der Waals surface area contributed by atoms with E-state index in [0.29, 0.717) is 11.4 Å². The number of hydrogen-bond acceptors (Lipinski definition) is 3. The highest BCUT2D eigenvalue weighted by Gasteiger charge is 2.08. The van der Waals surface area contributed by atoms with Gasteiger partial charge in [-0.1, -0.05) is 18.2 Å². The molecule has 0 aliphatic rings. The van der Waals surface area contributed by atoms with Crippen LogP contribution in [0.2, 0.25) is 0 Å². The van der Waals surface area contributed by atoms with Gasteiger partial charge in [0.2, 0.25) is 0 Å². The topological polar surface area (TPSA) is 77.1 Å². The van der Waals surface area contributed by atoms with Gasteiger partial charge in [-0.25, -0.2) is 4.99 Å². The third-order valence-corrected chi connectivity index (χ3v) is 3.20. The summed E-state index contributed by atoms with van der Waals surface area (Å²) in [4.78, 5) is 7.15. The Kier molecular flexibility index (Phi) is 2.64. The standard InChI is InChI=1S/C12H9BrN4O/c13-9-6-15-17-11(9)14-5-8-7-3-1-2-4-10(7)16-12(8)18/h1-6,16,18H,(H,15,17). The predicted molar refractivity (Wildman–Crippen MR) is 73.5 cm³/mol. The van der Waals surface area contributed by atoms with E-state index in [-0.39, 0.29) is 5.88 Å². The van der Waals surface area contributed by atoms with E-state index in [1.54, 1.807) is 12.4 Å². The number of nitrogens with zero attached hydrogens (tertiary/aromatic N) is 2. The summed E-state index contributed by atoms with van der Waals surface area (Å²) in [7, 11) is 0. The van der Waals surface area contributed by atoms with Crippen LogP contribution in [-0.2, 0) is 0 Å². The first-order valence-electron chi connectivity index (χ1n) is 5.28. The molecule has 0 saturated carbocycles. The maximum absolute atomic E-state index is 9.85. The highest BCUT2D eigenvalue weighted by molar-refractivity contribution is 9.10. The smallest absolute Gasteiger partial charge is 0.198 e. The molecule has 90 valence electrons. The third-order valence-electron chi connectivity index (χ3n) is 2.62. The summed E-state index contributed by atoms with van der Waals surface area (Å²) in [5.74, 6) is 0.718. The van der Waals surface area contributed by atoms with Gasteiger partial charge in [0.15, 0.2) is 11.7 Å². The molecule has 18 heavy (non-hydrogen) atoms. The van der Waals surface area contributed by atoms with Crippen LogP contribution in [0.5, 0.6) is 5.88 Å². The first kappa shape index (κ1) is 11.0. The molecule has 0 spiro atoms. The maximum atomic E-state index is 9.85. The van der Waals surface area contributed by atoms with E-state index in [0.717, 1.165) is 15.4 Å². The lowest BCUT2D eigenvalue weighted by Crippen LogP contribution is -1.79. The molecule has 0 atom stereocenters. The van der Waals surface area contributed by atoms with Gasteiger partial charge in [-0.15, -0.1) is 0 Å². The van der Waals surface area contributed by atoms with E-state index in [4.69, 9.17) is 0 Å². The number of fused-ring (bicyclic) bond motifs is 1. The zero-order valence-electron chi connectivity index (χ0n) is 9.18. The lowest BCUT2D eigenvalue weighted by molar-refractivity contribution is 0.457. The van der Waals surface area contributed by atoms with E-state index >= 15 is 0 Å². The van der Waals surface area contributed by atoms with Crippen molar-refractivity contribution < 1.29 is 5.11 Å². The van der Waals surface area contributed by atoms with Crippen LogP contribution in [0.15, 0.2) is 39.9 Å². The number of aromatic hydroxyl groups is 1. The van der Waals surface area contributed by atoms with E-state index in [1.165, 1.54) is 0 Å². The fourth-order valence-electron chi connectivity index (χ4n) is 1.76. The Morgan fingerprint density at radius 2 is 2.17 bits per heavy atom. The van der Waals surface area contributed by atoms with E-state index in [2.05, 4.69) is 36.1 Å². The van der Waals surface area contributed by atoms with Crippen molar-refractivity contribution in [2.75, 3.05) is 0 Å². The molecule has 0 saturated heterocycles. The summed E-state index contributed by atoms with van der Waals surface area (Å²) in [5, 5.41) is 17.4. The molecular weight excluding hydrogens is 296 g/mol. The lowest BCUT2D eigenvalue weighted by Gasteiger charge is -1.92. The first-order valence-corrected chi connectivity index (χ1v) is 6.07. The van der Waals surface area contributed by atoms with Gasteiger partial charge >= 0.3 is 0 Å². The number of rotatable bonds is 2. The number of benzene rings is 1. The van der Waals surface area contributed by atoms with Gasteiger partial charge in [0.25, 0.3) is 0 Å². The van der Waals surface area contributed by atoms with Crippen molar-refractivity contribution in [2.24, 2.45) is 4.99 Å². The van der Waals surface area contributed by atoms with Crippen LogP contribution in [0.3, 0.4) is 0 Å². The van der Waals surface area contributed by atoms with Crippen molar-refractivity contribution in [1.82, 2.24) is 15.2 Å². The molecule has 3 N–H and O–H groups in total. The molecule has 3 rings (SSSR count). The van der Waals surface area contributed by atoms with Crippen LogP contribution >= 0.6 is 15.9 Å². The average Bonchev–Trinajstić information content (AvgIpc) is 2.90. The van der Waals surface area contributed by atoms with Gasteiger partial charge in [-0.2, -0.15) is 5.10 Å². The van der Waals surface area contributed by atoms with Crippen molar-refractivity contribution in [2.45, 2.75) is 0 Å². The summed E-state index contributed by atoms with van der Waals surface area (Å²) in [5.41, 5.74) is 1.53. The number of hydrogen-bond donors (Lipinski definition) is 3. The fourth-order valence-corrected chi connectivity index (χ4v) is 2.06. The Labute approximate surface area is 111 Å². The van der Waals surface area contributed by atoms with Gasteiger partial charge in [0.05, 0.1) is 16.2 Å². The Hall–Kier alpha value is -2.08. The molecule has 1 aromatic carbocycles. The van der Waals surface area contributed by atoms with Gasteiger partial charge < -0.3 is 10.1 Å². The van der Waals surface area contributed by atoms with E-state index < -0.39 is 0 Å². The minimum absolute atomic E-state index is 0.107. The molecule has 0 bridgehead atoms. The Morgan fingerprint density at radius 1 is 1.33 bits per heavy atom. The molecule has 0 aliphatic heterocycles. The second-order valence-electron chi connectivity index (χ2n) is 3.76. The largest absolute Gasteiger partial charge is 0.494 e. The summed E-state index contributed by atoms with van der Waals surface area (Å²) >= 11 is 3.32. The molecule has 2 heterocycles. The number of para-hydroxylation sites is 1. The molecule has 6 heteroatoms. The number of H-pyrrole nitrogens is 2. The number of aromatic amines is 2. The van der Waals surface area contributed by atoms with Gasteiger partial charge in [0, 0.05) is 17.1 Å². The van der Waals surface area contributed by atoms with Crippen LogP contribution in [0.25, 0.3) is 10.9 Å². The van der Waals surface area contributed by atoms with Crippen molar-refractivity contribution in [3.63, 3.8) is 0 Å². The second-order valence-corrected chi connectivity index (χ2v) is 4.61. The Morgan fingerprint density at radius 3 is 2.94 bits per heavy atom. The molecule has 0 aliphatic carbocycles. The van der Waals surface area contributed by atoms with Gasteiger partial charge in [-0.05, 0) is 22.0 Å². The van der Waals surface area contributed by atoms with Crippen molar-refractivity contribution >= 4 is 38.9 Å². The second kappa shape index (κ2) is 4.30. The quantitative estimate of drug-likeness (QED) is 0.636. The highest BCUT2D eigenvalue weighted by atomic mass is 79.9. The van der Waals surface area contributed by atoms with Crippen LogP contribution in [0.4, 0.5) is 5.82 Å². The molecule has 3 aromatic rings. The summed E-state index contributed by atoms with van der Waals surface area (Å²) in [6.45, 7) is 0. The number of halogens is 1. The van der Waals surface area contributed by atoms with Crippen LogP contribution in [0, 0.1) is 0 Å². The van der Waals surface area contributed by atoms with E-state index in [9.17, 15) is 5.11 Å². The van der Waals surface area contributed by atoms with Crippen molar-refractivity contribution in [1.29, 1.82) is 0 Å². The summed E-state index contributed by atoms with van der Waals surface area (Å²) < 4.78 is 0.776. The van der Waals surface area contributed by atoms with Gasteiger partial charge in [0.1, 0.15) is 0 Å². The van der Waals surface area contributed by atoms with Crippen molar-refractivity contribution in [3.8, 4) is 5.88 Å². The molecule has 0 amide bonds. The normalized spacial score (nSPS) is 11.6. The monoisotopic (exact) mass is 304 g/mol. The zero-order chi connectivity index (χ0) is 12.5. The SMILES string of the molecule is Oc1[nH]c2ccccc2c1C=Nc1[nH]ncc1Br. The van der Waals surface area contributed by atoms with Crippen LogP contribution in [0.1, 0.15) is 5.56 Å². The Bertz CT molecular complexity index is 729. The number of aromatic nitrogens is 3.